The first-order chi connectivity index (χ1) is 6.22. The van der Waals surface area contributed by atoms with Gasteiger partial charge >= 0.3 is 0 Å². The average molecular weight is 203 g/mol. The van der Waals surface area contributed by atoms with E-state index in [-0.39, 0.29) is 0 Å². The Kier molecular flexibility index (Phi) is 4.82. The number of hydrogen-bond acceptors (Lipinski definition) is 1. The molecule has 1 aliphatic rings. The van der Waals surface area contributed by atoms with Crippen LogP contribution in [0.3, 0.4) is 0 Å². The normalized spacial score (nSPS) is 30.5. The topological polar surface area (TPSA) is 9.23 Å². The molecule has 0 N–H and O–H groups in total. The van der Waals surface area contributed by atoms with Crippen molar-refractivity contribution in [2.45, 2.75) is 45.6 Å². The molecule has 1 saturated carbocycles. The Morgan fingerprint density at radius 3 is 2.54 bits per heavy atom. The van der Waals surface area contributed by atoms with Crippen molar-refractivity contribution >= 4 is 11.6 Å². The number of hydrogen-bond donors (Lipinski definition) is 0. The summed E-state index contributed by atoms with van der Waals surface area (Å²) < 4.78 is 5.73. The molecule has 0 aromatic heterocycles. The first kappa shape index (κ1) is 11.1. The van der Waals surface area contributed by atoms with Crippen molar-refractivity contribution in [3.63, 3.8) is 0 Å². The van der Waals surface area contributed by atoms with E-state index in [4.69, 9.17) is 16.3 Å². The van der Waals surface area contributed by atoms with Crippen molar-refractivity contribution in [3.8, 4) is 0 Å². The van der Waals surface area contributed by atoms with Crippen LogP contribution in [-0.4, -0.2) is 12.7 Å². The van der Waals surface area contributed by atoms with Gasteiger partial charge in [-0.05, 0) is 44.1 Å². The summed E-state index contributed by atoms with van der Waals surface area (Å²) in [6.07, 6.45) is 5.54. The van der Waals surface area contributed by atoms with Gasteiger partial charge < -0.3 is 4.74 Å². The van der Waals surface area contributed by atoms with Crippen molar-refractivity contribution in [2.75, 3.05) is 6.61 Å². The van der Waals surface area contributed by atoms with Gasteiger partial charge in [0.05, 0.1) is 12.7 Å². The van der Waals surface area contributed by atoms with Crippen molar-refractivity contribution in [1.29, 1.82) is 0 Å². The summed E-state index contributed by atoms with van der Waals surface area (Å²) >= 11 is 5.55. The van der Waals surface area contributed by atoms with Gasteiger partial charge in [0.25, 0.3) is 0 Å². The van der Waals surface area contributed by atoms with Crippen LogP contribution in [-0.2, 0) is 4.74 Å². The van der Waals surface area contributed by atoms with Gasteiger partial charge in [-0.2, -0.15) is 0 Å². The van der Waals surface area contributed by atoms with Crippen LogP contribution in [0.15, 0.2) is 11.1 Å². The molecule has 0 atom stereocenters. The van der Waals surface area contributed by atoms with E-state index in [9.17, 15) is 0 Å². The lowest BCUT2D eigenvalue weighted by Crippen LogP contribution is -2.21. The lowest BCUT2D eigenvalue weighted by Gasteiger charge is -2.26. The van der Waals surface area contributed by atoms with Gasteiger partial charge in [0.2, 0.25) is 0 Å². The van der Waals surface area contributed by atoms with Crippen molar-refractivity contribution in [1.82, 2.24) is 0 Å². The van der Waals surface area contributed by atoms with Gasteiger partial charge in [-0.1, -0.05) is 18.5 Å². The smallest absolute Gasteiger partial charge is 0.0689 e. The van der Waals surface area contributed by atoms with Gasteiger partial charge in [-0.3, -0.25) is 0 Å². The first-order valence-corrected chi connectivity index (χ1v) is 5.53. The Labute approximate surface area is 86.1 Å². The summed E-state index contributed by atoms with van der Waals surface area (Å²) in [5.74, 6) is 0.893. The van der Waals surface area contributed by atoms with Gasteiger partial charge in [-0.25, -0.2) is 0 Å². The van der Waals surface area contributed by atoms with Crippen molar-refractivity contribution in [3.05, 3.63) is 11.1 Å². The molecule has 1 rings (SSSR count). The minimum atomic E-state index is 0.475. The van der Waals surface area contributed by atoms with E-state index in [0.717, 1.165) is 11.5 Å². The third kappa shape index (κ3) is 4.15. The Hall–Kier alpha value is -0.0100. The summed E-state index contributed by atoms with van der Waals surface area (Å²) in [6.45, 7) is 5.02. The Bertz CT molecular complexity index is 169. The van der Waals surface area contributed by atoms with Crippen LogP contribution >= 0.6 is 11.6 Å². The summed E-state index contributed by atoms with van der Waals surface area (Å²) in [5.41, 5.74) is 2.71. The maximum Gasteiger partial charge on any atom is 0.0689 e. The number of halogens is 1. The second-order valence-corrected chi connectivity index (χ2v) is 4.37. The van der Waals surface area contributed by atoms with E-state index in [2.05, 4.69) is 6.92 Å². The SMILES string of the molecule is C/C(=C/Cl)COC1CCC(C)CC1. The van der Waals surface area contributed by atoms with Crippen LogP contribution in [0.5, 0.6) is 0 Å². The second kappa shape index (κ2) is 5.66. The third-order valence-electron chi connectivity index (χ3n) is 2.70. The summed E-state index contributed by atoms with van der Waals surface area (Å²) in [4.78, 5) is 0. The molecule has 0 spiro atoms. The molecular formula is C11H19ClO. The highest BCUT2D eigenvalue weighted by Crippen LogP contribution is 2.25. The highest BCUT2D eigenvalue weighted by Gasteiger charge is 2.18. The molecule has 0 heterocycles. The maximum atomic E-state index is 5.73. The average Bonchev–Trinajstić information content (AvgIpc) is 2.16. The standard InChI is InChI=1S/C11H19ClO/c1-9-3-5-11(6-4-9)13-8-10(2)7-12/h7,9,11H,3-6,8H2,1-2H3/b10-7-. The van der Waals surface area contributed by atoms with E-state index in [0.29, 0.717) is 12.7 Å². The minimum absolute atomic E-state index is 0.475. The van der Waals surface area contributed by atoms with Gasteiger partial charge in [0, 0.05) is 5.54 Å². The predicted molar refractivity (Wildman–Crippen MR) is 57.0 cm³/mol. The molecule has 76 valence electrons. The van der Waals surface area contributed by atoms with Crippen LogP contribution in [0.1, 0.15) is 39.5 Å². The van der Waals surface area contributed by atoms with E-state index in [1.165, 1.54) is 25.7 Å². The molecule has 0 unspecified atom stereocenters. The lowest BCUT2D eigenvalue weighted by atomic mass is 9.89. The zero-order valence-electron chi connectivity index (χ0n) is 8.55. The lowest BCUT2D eigenvalue weighted by molar-refractivity contribution is 0.0332. The first-order valence-electron chi connectivity index (χ1n) is 5.10. The van der Waals surface area contributed by atoms with Crippen molar-refractivity contribution < 1.29 is 4.74 Å². The minimum Gasteiger partial charge on any atom is -0.374 e. The molecule has 0 aromatic rings. The highest BCUT2D eigenvalue weighted by atomic mass is 35.5. The van der Waals surface area contributed by atoms with E-state index in [1.807, 2.05) is 6.92 Å². The molecule has 0 bridgehead atoms. The molecule has 0 aliphatic heterocycles. The second-order valence-electron chi connectivity index (χ2n) is 4.15. The molecular weight excluding hydrogens is 184 g/mol. The summed E-state index contributed by atoms with van der Waals surface area (Å²) in [6, 6.07) is 0. The molecule has 13 heavy (non-hydrogen) atoms. The zero-order valence-corrected chi connectivity index (χ0v) is 9.31. The Balaban J connectivity index is 2.16. The van der Waals surface area contributed by atoms with Crippen LogP contribution in [0.4, 0.5) is 0 Å². The fourth-order valence-corrected chi connectivity index (χ4v) is 1.74. The predicted octanol–water partition coefficient (Wildman–Crippen LogP) is 3.72. The largest absolute Gasteiger partial charge is 0.374 e. The number of ether oxygens (including phenoxy) is 1. The molecule has 2 heteroatoms. The highest BCUT2D eigenvalue weighted by molar-refractivity contribution is 6.25. The molecule has 1 nitrogen and oxygen atoms in total. The van der Waals surface area contributed by atoms with Gasteiger partial charge in [0.15, 0.2) is 0 Å². The Morgan fingerprint density at radius 1 is 1.38 bits per heavy atom. The molecule has 0 amide bonds. The molecule has 0 saturated heterocycles. The molecule has 0 aromatic carbocycles. The fourth-order valence-electron chi connectivity index (χ4n) is 1.68. The van der Waals surface area contributed by atoms with Crippen molar-refractivity contribution in [2.24, 2.45) is 5.92 Å². The van der Waals surface area contributed by atoms with Crippen LogP contribution in [0, 0.1) is 5.92 Å². The van der Waals surface area contributed by atoms with Crippen LogP contribution in [0.2, 0.25) is 0 Å². The van der Waals surface area contributed by atoms with E-state index < -0.39 is 0 Å². The monoisotopic (exact) mass is 202 g/mol. The molecule has 1 aliphatic carbocycles. The van der Waals surface area contributed by atoms with Gasteiger partial charge in [0.1, 0.15) is 0 Å². The van der Waals surface area contributed by atoms with Crippen LogP contribution < -0.4 is 0 Å². The summed E-state index contributed by atoms with van der Waals surface area (Å²) in [5, 5.41) is 0. The molecule has 1 fully saturated rings. The van der Waals surface area contributed by atoms with Gasteiger partial charge in [-0.15, -0.1) is 0 Å². The third-order valence-corrected chi connectivity index (χ3v) is 3.07. The van der Waals surface area contributed by atoms with E-state index >= 15 is 0 Å². The zero-order chi connectivity index (χ0) is 9.68. The van der Waals surface area contributed by atoms with Crippen LogP contribution in [0.25, 0.3) is 0 Å². The fraction of sp³-hybridized carbons (Fsp3) is 0.818. The Morgan fingerprint density at radius 2 is 2.00 bits per heavy atom. The molecule has 0 radical (unpaired) electrons. The maximum absolute atomic E-state index is 5.73. The number of rotatable bonds is 3. The quantitative estimate of drug-likeness (QED) is 0.678. The summed E-state index contributed by atoms with van der Waals surface area (Å²) in [7, 11) is 0. The van der Waals surface area contributed by atoms with E-state index in [1.54, 1.807) is 5.54 Å².